The van der Waals surface area contributed by atoms with E-state index in [0.29, 0.717) is 6.42 Å². The van der Waals surface area contributed by atoms with Crippen molar-refractivity contribution in [2.24, 2.45) is 0 Å². The molecule has 4 heteroatoms. The Kier molecular flexibility index (Phi) is 3.12. The second kappa shape index (κ2) is 4.56. The number of hydrogen-bond acceptors (Lipinski definition) is 4. The summed E-state index contributed by atoms with van der Waals surface area (Å²) in [7, 11) is 1.42. The van der Waals surface area contributed by atoms with Crippen LogP contribution in [0.15, 0.2) is 24.3 Å². The summed E-state index contributed by atoms with van der Waals surface area (Å²) < 4.78 is 10.00. The molecule has 1 aliphatic carbocycles. The average molecular weight is 231 g/mol. The van der Waals surface area contributed by atoms with Gasteiger partial charge in [0.05, 0.1) is 0 Å². The summed E-state index contributed by atoms with van der Waals surface area (Å²) in [5.41, 5.74) is 0.734. The van der Waals surface area contributed by atoms with Crippen LogP contribution in [0, 0.1) is 11.3 Å². The van der Waals surface area contributed by atoms with Gasteiger partial charge in [0.25, 0.3) is 0 Å². The van der Waals surface area contributed by atoms with Gasteiger partial charge in [-0.25, -0.2) is 4.79 Å². The highest BCUT2D eigenvalue weighted by atomic mass is 16.6. The summed E-state index contributed by atoms with van der Waals surface area (Å²) >= 11 is 0. The van der Waals surface area contributed by atoms with Gasteiger partial charge < -0.3 is 9.47 Å². The molecule has 2 rings (SSSR count). The van der Waals surface area contributed by atoms with Gasteiger partial charge in [-0.05, 0) is 12.0 Å². The van der Waals surface area contributed by atoms with Crippen LogP contribution in [0.5, 0.6) is 0 Å². The monoisotopic (exact) mass is 231 g/mol. The van der Waals surface area contributed by atoms with Crippen molar-refractivity contribution in [3.63, 3.8) is 0 Å². The van der Waals surface area contributed by atoms with Crippen molar-refractivity contribution < 1.29 is 14.3 Å². The summed E-state index contributed by atoms with van der Waals surface area (Å²) in [4.78, 5) is 11.5. The Balaban J connectivity index is 2.29. The Hall–Kier alpha value is -1.86. The molecule has 1 aromatic rings. The van der Waals surface area contributed by atoms with Crippen LogP contribution in [-0.4, -0.2) is 19.7 Å². The number of nitrogens with zero attached hydrogens (tertiary/aromatic N) is 1. The number of nitriles is 1. The zero-order chi connectivity index (χ0) is 12.3. The normalized spacial score (nSPS) is 21.6. The van der Waals surface area contributed by atoms with Gasteiger partial charge in [-0.15, -0.1) is 0 Å². The maximum absolute atomic E-state index is 11.5. The van der Waals surface area contributed by atoms with E-state index in [4.69, 9.17) is 9.47 Å². The lowest BCUT2D eigenvalue weighted by Crippen LogP contribution is -2.30. The maximum Gasteiger partial charge on any atom is 0.333 e. The van der Waals surface area contributed by atoms with E-state index >= 15 is 0 Å². The number of carbonyl (C=O) groups excluding carboxylic acids is 1. The van der Waals surface area contributed by atoms with Gasteiger partial charge in [0.15, 0.2) is 0 Å². The minimum absolute atomic E-state index is 0.133. The van der Waals surface area contributed by atoms with Crippen molar-refractivity contribution >= 4 is 5.97 Å². The van der Waals surface area contributed by atoms with E-state index in [0.717, 1.165) is 17.5 Å². The van der Waals surface area contributed by atoms with Crippen LogP contribution in [0.3, 0.4) is 0 Å². The maximum atomic E-state index is 11.5. The molecule has 0 fully saturated rings. The van der Waals surface area contributed by atoms with Crippen molar-refractivity contribution in [3.05, 3.63) is 35.4 Å². The Labute approximate surface area is 99.8 Å². The standard InChI is InChI=1S/C13H13NO3/c1-16-8-12(15)17-13(9-14)7-6-10-4-2-3-5-11(10)13/h2-5H,6-8H2,1H3/t13-/m1/s1. The fourth-order valence-electron chi connectivity index (χ4n) is 2.16. The first kappa shape index (κ1) is 11.6. The Morgan fingerprint density at radius 3 is 3.00 bits per heavy atom. The van der Waals surface area contributed by atoms with Crippen LogP contribution < -0.4 is 0 Å². The van der Waals surface area contributed by atoms with Gasteiger partial charge in [0.1, 0.15) is 12.7 Å². The van der Waals surface area contributed by atoms with E-state index < -0.39 is 11.6 Å². The minimum Gasteiger partial charge on any atom is -0.437 e. The van der Waals surface area contributed by atoms with E-state index in [2.05, 4.69) is 6.07 Å². The van der Waals surface area contributed by atoms with Crippen LogP contribution in [0.1, 0.15) is 17.5 Å². The smallest absolute Gasteiger partial charge is 0.333 e. The topological polar surface area (TPSA) is 59.3 Å². The third-order valence-corrected chi connectivity index (χ3v) is 2.93. The number of carbonyl (C=O) groups is 1. The molecule has 1 aromatic carbocycles. The van der Waals surface area contributed by atoms with Gasteiger partial charge in [-0.3, -0.25) is 0 Å². The second-order valence-corrected chi connectivity index (χ2v) is 4.00. The quantitative estimate of drug-likeness (QED) is 0.740. The van der Waals surface area contributed by atoms with Gasteiger partial charge in [-0.2, -0.15) is 5.26 Å². The molecule has 0 bridgehead atoms. The average Bonchev–Trinajstić information content (AvgIpc) is 2.70. The van der Waals surface area contributed by atoms with Crippen LogP contribution >= 0.6 is 0 Å². The molecule has 17 heavy (non-hydrogen) atoms. The molecule has 0 saturated heterocycles. The number of hydrogen-bond donors (Lipinski definition) is 0. The predicted octanol–water partition coefficient (Wildman–Crippen LogP) is 1.54. The van der Waals surface area contributed by atoms with Crippen LogP contribution in [0.25, 0.3) is 0 Å². The van der Waals surface area contributed by atoms with Crippen LogP contribution in [-0.2, 0) is 26.3 Å². The molecule has 0 N–H and O–H groups in total. The number of benzene rings is 1. The zero-order valence-electron chi connectivity index (χ0n) is 9.60. The molecule has 0 heterocycles. The zero-order valence-corrected chi connectivity index (χ0v) is 9.60. The fraction of sp³-hybridized carbons (Fsp3) is 0.385. The van der Waals surface area contributed by atoms with E-state index in [1.54, 1.807) is 0 Å². The SMILES string of the molecule is COCC(=O)O[C@@]1(C#N)CCc2ccccc21. The largest absolute Gasteiger partial charge is 0.437 e. The molecule has 0 radical (unpaired) electrons. The highest BCUT2D eigenvalue weighted by molar-refractivity contribution is 5.72. The second-order valence-electron chi connectivity index (χ2n) is 4.00. The summed E-state index contributed by atoms with van der Waals surface area (Å²) in [5, 5.41) is 9.31. The van der Waals surface area contributed by atoms with Crippen molar-refractivity contribution in [3.8, 4) is 6.07 Å². The van der Waals surface area contributed by atoms with Crippen molar-refractivity contribution in [2.45, 2.75) is 18.4 Å². The van der Waals surface area contributed by atoms with Crippen molar-refractivity contribution in [2.75, 3.05) is 13.7 Å². The molecule has 0 saturated carbocycles. The molecule has 0 unspecified atom stereocenters. The Morgan fingerprint density at radius 1 is 1.53 bits per heavy atom. The van der Waals surface area contributed by atoms with E-state index in [9.17, 15) is 10.1 Å². The highest BCUT2D eigenvalue weighted by Gasteiger charge is 2.42. The van der Waals surface area contributed by atoms with Crippen molar-refractivity contribution in [1.82, 2.24) is 0 Å². The first-order valence-corrected chi connectivity index (χ1v) is 5.42. The van der Waals surface area contributed by atoms with Crippen LogP contribution in [0.4, 0.5) is 0 Å². The van der Waals surface area contributed by atoms with Gasteiger partial charge in [0.2, 0.25) is 5.60 Å². The summed E-state index contributed by atoms with van der Waals surface area (Å²) in [6.45, 7) is -0.133. The molecule has 4 nitrogen and oxygen atoms in total. The fourth-order valence-corrected chi connectivity index (χ4v) is 2.16. The summed E-state index contributed by atoms with van der Waals surface area (Å²) in [6, 6.07) is 9.69. The predicted molar refractivity (Wildman–Crippen MR) is 60.0 cm³/mol. The third kappa shape index (κ3) is 2.02. The lowest BCUT2D eigenvalue weighted by molar-refractivity contribution is -0.159. The number of fused-ring (bicyclic) bond motifs is 1. The van der Waals surface area contributed by atoms with Crippen LogP contribution in [0.2, 0.25) is 0 Å². The first-order chi connectivity index (χ1) is 8.22. The number of esters is 1. The van der Waals surface area contributed by atoms with E-state index in [1.807, 2.05) is 24.3 Å². The molecule has 0 aromatic heterocycles. The Morgan fingerprint density at radius 2 is 2.29 bits per heavy atom. The molecule has 0 spiro atoms. The molecular weight excluding hydrogens is 218 g/mol. The first-order valence-electron chi connectivity index (χ1n) is 5.42. The molecule has 0 amide bonds. The molecule has 88 valence electrons. The van der Waals surface area contributed by atoms with Gasteiger partial charge in [-0.1, -0.05) is 24.3 Å². The summed E-state index contributed by atoms with van der Waals surface area (Å²) in [5.74, 6) is -0.509. The highest BCUT2D eigenvalue weighted by Crippen LogP contribution is 2.39. The third-order valence-electron chi connectivity index (χ3n) is 2.93. The van der Waals surface area contributed by atoms with E-state index in [-0.39, 0.29) is 6.61 Å². The molecule has 1 aliphatic rings. The number of ether oxygens (including phenoxy) is 2. The number of methoxy groups -OCH3 is 1. The molecule has 0 aliphatic heterocycles. The number of rotatable bonds is 3. The summed E-state index contributed by atoms with van der Waals surface area (Å²) in [6.07, 6.45) is 1.27. The van der Waals surface area contributed by atoms with Crippen molar-refractivity contribution in [1.29, 1.82) is 5.26 Å². The lowest BCUT2D eigenvalue weighted by atomic mass is 9.97. The Bertz CT molecular complexity index is 478. The molecule has 1 atom stereocenters. The molecular formula is C13H13NO3. The number of aryl methyl sites for hydroxylation is 1. The van der Waals surface area contributed by atoms with Gasteiger partial charge in [0, 0.05) is 19.1 Å². The van der Waals surface area contributed by atoms with E-state index in [1.165, 1.54) is 7.11 Å². The minimum atomic E-state index is -1.13. The lowest BCUT2D eigenvalue weighted by Gasteiger charge is -2.22. The van der Waals surface area contributed by atoms with Gasteiger partial charge >= 0.3 is 5.97 Å².